The third-order valence-electron chi connectivity index (χ3n) is 4.79. The molecule has 0 saturated carbocycles. The van der Waals surface area contributed by atoms with Crippen LogP contribution in [0.3, 0.4) is 0 Å². The van der Waals surface area contributed by atoms with E-state index in [0.717, 1.165) is 16.8 Å². The maximum Gasteiger partial charge on any atom is 0.291 e. The molecule has 1 aromatic carbocycles. The number of hydrogen-bond donors (Lipinski definition) is 1. The maximum atomic E-state index is 12.9. The highest BCUT2D eigenvalue weighted by Gasteiger charge is 2.22. The lowest BCUT2D eigenvalue weighted by atomic mass is 10.2. The minimum absolute atomic E-state index is 0.257. The molecule has 4 rings (SSSR count). The van der Waals surface area contributed by atoms with Gasteiger partial charge >= 0.3 is 0 Å². The number of amides is 1. The van der Waals surface area contributed by atoms with E-state index in [0.29, 0.717) is 24.1 Å². The van der Waals surface area contributed by atoms with Crippen molar-refractivity contribution in [3.05, 3.63) is 64.9 Å². The number of fused-ring (bicyclic) bond motifs is 3. The van der Waals surface area contributed by atoms with E-state index in [1.807, 2.05) is 31.2 Å². The van der Waals surface area contributed by atoms with Gasteiger partial charge in [-0.05, 0) is 24.1 Å². The summed E-state index contributed by atoms with van der Waals surface area (Å²) in [6.07, 6.45) is 3.53. The second-order valence-corrected chi connectivity index (χ2v) is 6.44. The van der Waals surface area contributed by atoms with Crippen molar-refractivity contribution >= 4 is 22.5 Å². The number of hydrogen-bond acceptors (Lipinski definition) is 5. The van der Waals surface area contributed by atoms with Crippen LogP contribution in [0.2, 0.25) is 0 Å². The van der Waals surface area contributed by atoms with Gasteiger partial charge in [0.05, 0.1) is 18.9 Å². The van der Waals surface area contributed by atoms with E-state index < -0.39 is 6.04 Å². The largest absolute Gasteiger partial charge is 0.497 e. The summed E-state index contributed by atoms with van der Waals surface area (Å²) >= 11 is 0. The van der Waals surface area contributed by atoms with Gasteiger partial charge in [0.1, 0.15) is 23.6 Å². The molecular formula is C20H20N4O4. The summed E-state index contributed by atoms with van der Waals surface area (Å²) < 4.78 is 13.4. The number of carbonyl (C=O) groups excluding carboxylic acids is 1. The fourth-order valence-electron chi connectivity index (χ4n) is 3.25. The van der Waals surface area contributed by atoms with E-state index in [1.54, 1.807) is 29.9 Å². The zero-order chi connectivity index (χ0) is 19.7. The molecule has 0 unspecified atom stereocenters. The van der Waals surface area contributed by atoms with E-state index in [2.05, 4.69) is 10.4 Å². The molecule has 1 atom stereocenters. The SMILES string of the molecule is CC[C@H](C(=O)NCc1ccc(OC)cc1)n1ncn2c(cc3occc32)c1=O. The third kappa shape index (κ3) is 3.02. The molecule has 0 saturated heterocycles. The molecule has 0 fully saturated rings. The molecule has 0 spiro atoms. The molecular weight excluding hydrogens is 360 g/mol. The first kappa shape index (κ1) is 17.8. The van der Waals surface area contributed by atoms with E-state index in [-0.39, 0.29) is 11.5 Å². The first-order valence-electron chi connectivity index (χ1n) is 8.99. The molecule has 0 aliphatic heterocycles. The molecule has 0 bridgehead atoms. The standard InChI is InChI=1S/C20H20N4O4/c1-3-15(19(25)21-11-13-4-6-14(27-2)7-5-13)24-20(26)17-10-18-16(8-9-28-18)23(17)12-22-24/h4-10,12,15H,3,11H2,1-2H3,(H,21,25)/t15-/m1/s1. The van der Waals surface area contributed by atoms with Gasteiger partial charge in [-0.25, -0.2) is 4.68 Å². The lowest BCUT2D eigenvalue weighted by Gasteiger charge is -2.17. The van der Waals surface area contributed by atoms with E-state index in [1.165, 1.54) is 11.0 Å². The Bertz CT molecular complexity index is 1190. The van der Waals surface area contributed by atoms with Crippen molar-refractivity contribution in [2.75, 3.05) is 7.11 Å². The topological polar surface area (TPSA) is 90.8 Å². The van der Waals surface area contributed by atoms with Crippen LogP contribution in [0.1, 0.15) is 24.9 Å². The van der Waals surface area contributed by atoms with Crippen LogP contribution in [0.15, 0.2) is 58.2 Å². The number of ether oxygens (including phenoxy) is 1. The Morgan fingerprint density at radius 2 is 2.04 bits per heavy atom. The summed E-state index contributed by atoms with van der Waals surface area (Å²) in [6, 6.07) is 10.2. The highest BCUT2D eigenvalue weighted by Crippen LogP contribution is 2.19. The molecule has 0 aliphatic rings. The van der Waals surface area contributed by atoms with Crippen molar-refractivity contribution in [1.82, 2.24) is 19.5 Å². The molecule has 3 aromatic heterocycles. The average molecular weight is 380 g/mol. The number of carbonyl (C=O) groups is 1. The molecule has 8 heteroatoms. The van der Waals surface area contributed by atoms with Gasteiger partial charge in [0, 0.05) is 18.7 Å². The quantitative estimate of drug-likeness (QED) is 0.555. The van der Waals surface area contributed by atoms with Crippen molar-refractivity contribution in [3.8, 4) is 5.75 Å². The number of rotatable bonds is 6. The van der Waals surface area contributed by atoms with Crippen molar-refractivity contribution in [2.24, 2.45) is 0 Å². The minimum atomic E-state index is -0.697. The predicted molar refractivity (Wildman–Crippen MR) is 103 cm³/mol. The van der Waals surface area contributed by atoms with Crippen LogP contribution in [0.5, 0.6) is 5.75 Å². The first-order valence-corrected chi connectivity index (χ1v) is 8.99. The Hall–Kier alpha value is -3.55. The Morgan fingerprint density at radius 1 is 1.25 bits per heavy atom. The zero-order valence-electron chi connectivity index (χ0n) is 15.6. The number of nitrogens with zero attached hydrogens (tertiary/aromatic N) is 3. The number of aromatic nitrogens is 3. The lowest BCUT2D eigenvalue weighted by Crippen LogP contribution is -2.38. The molecule has 4 aromatic rings. The summed E-state index contributed by atoms with van der Waals surface area (Å²) in [7, 11) is 1.60. The molecule has 0 aliphatic carbocycles. The molecule has 1 amide bonds. The second-order valence-electron chi connectivity index (χ2n) is 6.44. The zero-order valence-corrected chi connectivity index (χ0v) is 15.6. The Balaban J connectivity index is 1.57. The highest BCUT2D eigenvalue weighted by atomic mass is 16.5. The van der Waals surface area contributed by atoms with Crippen LogP contribution < -0.4 is 15.6 Å². The normalized spacial score (nSPS) is 12.4. The van der Waals surface area contributed by atoms with E-state index >= 15 is 0 Å². The molecule has 1 N–H and O–H groups in total. The van der Waals surface area contributed by atoms with Gasteiger partial charge in [-0.1, -0.05) is 19.1 Å². The summed E-state index contributed by atoms with van der Waals surface area (Å²) in [5, 5.41) is 7.10. The van der Waals surface area contributed by atoms with Gasteiger partial charge in [-0.3, -0.25) is 14.0 Å². The summed E-state index contributed by atoms with van der Waals surface area (Å²) in [5.41, 5.74) is 2.40. The Kier molecular flexibility index (Phi) is 4.60. The Morgan fingerprint density at radius 3 is 2.75 bits per heavy atom. The molecule has 0 radical (unpaired) electrons. The fourth-order valence-corrected chi connectivity index (χ4v) is 3.25. The predicted octanol–water partition coefficient (Wildman–Crippen LogP) is 2.52. The first-order chi connectivity index (χ1) is 13.6. The van der Waals surface area contributed by atoms with Crippen molar-refractivity contribution < 1.29 is 13.9 Å². The molecule has 3 heterocycles. The van der Waals surface area contributed by atoms with E-state index in [9.17, 15) is 9.59 Å². The second kappa shape index (κ2) is 7.22. The van der Waals surface area contributed by atoms with E-state index in [4.69, 9.17) is 9.15 Å². The van der Waals surface area contributed by atoms with Gasteiger partial charge in [0.2, 0.25) is 5.91 Å². The van der Waals surface area contributed by atoms with Crippen LogP contribution in [-0.2, 0) is 11.3 Å². The highest BCUT2D eigenvalue weighted by molar-refractivity contribution is 5.82. The monoisotopic (exact) mass is 380 g/mol. The summed E-state index contributed by atoms with van der Waals surface area (Å²) in [5.74, 6) is 0.496. The van der Waals surface area contributed by atoms with Crippen LogP contribution in [0.25, 0.3) is 16.6 Å². The van der Waals surface area contributed by atoms with Crippen LogP contribution in [0.4, 0.5) is 0 Å². The average Bonchev–Trinajstić information content (AvgIpc) is 3.31. The fraction of sp³-hybridized carbons (Fsp3) is 0.250. The van der Waals surface area contributed by atoms with Gasteiger partial charge in [0.25, 0.3) is 5.56 Å². The summed E-state index contributed by atoms with van der Waals surface area (Å²) in [6.45, 7) is 2.20. The molecule has 144 valence electrons. The van der Waals surface area contributed by atoms with Crippen LogP contribution in [0, 0.1) is 0 Å². The number of benzene rings is 1. The van der Waals surface area contributed by atoms with Crippen LogP contribution in [-0.4, -0.2) is 27.2 Å². The van der Waals surface area contributed by atoms with Crippen molar-refractivity contribution in [1.29, 1.82) is 0 Å². The Labute approximate surface area is 160 Å². The number of furan rings is 1. The minimum Gasteiger partial charge on any atom is -0.497 e. The van der Waals surface area contributed by atoms with Gasteiger partial charge in [0.15, 0.2) is 5.58 Å². The maximum absolute atomic E-state index is 12.9. The summed E-state index contributed by atoms with van der Waals surface area (Å²) in [4.78, 5) is 25.6. The van der Waals surface area contributed by atoms with Gasteiger partial charge in [-0.2, -0.15) is 5.10 Å². The lowest BCUT2D eigenvalue weighted by molar-refractivity contribution is -0.125. The smallest absolute Gasteiger partial charge is 0.291 e. The van der Waals surface area contributed by atoms with Crippen molar-refractivity contribution in [3.63, 3.8) is 0 Å². The molecule has 8 nitrogen and oxygen atoms in total. The molecule has 28 heavy (non-hydrogen) atoms. The third-order valence-corrected chi connectivity index (χ3v) is 4.79. The van der Waals surface area contributed by atoms with Crippen LogP contribution >= 0.6 is 0 Å². The number of nitrogens with one attached hydrogen (secondary N) is 1. The van der Waals surface area contributed by atoms with Crippen molar-refractivity contribution in [2.45, 2.75) is 25.9 Å². The van der Waals surface area contributed by atoms with Gasteiger partial charge in [-0.15, -0.1) is 0 Å². The number of methoxy groups -OCH3 is 1. The van der Waals surface area contributed by atoms with Gasteiger partial charge < -0.3 is 14.5 Å².